The van der Waals surface area contributed by atoms with E-state index < -0.39 is 0 Å². The molecular formula is C19H25N3O2. The second-order valence-corrected chi connectivity index (χ2v) is 6.68. The van der Waals surface area contributed by atoms with Gasteiger partial charge in [0.1, 0.15) is 11.3 Å². The summed E-state index contributed by atoms with van der Waals surface area (Å²) in [5.41, 5.74) is 3.29. The van der Waals surface area contributed by atoms with Gasteiger partial charge in [-0.15, -0.1) is 0 Å². The molecule has 2 saturated heterocycles. The summed E-state index contributed by atoms with van der Waals surface area (Å²) in [5.74, 6) is 0.848. The van der Waals surface area contributed by atoms with Crippen molar-refractivity contribution in [1.29, 1.82) is 0 Å². The summed E-state index contributed by atoms with van der Waals surface area (Å²) in [6.07, 6.45) is 1.22. The van der Waals surface area contributed by atoms with E-state index in [2.05, 4.69) is 34.9 Å². The van der Waals surface area contributed by atoms with Crippen LogP contribution in [0.4, 0.5) is 5.69 Å². The van der Waals surface area contributed by atoms with Gasteiger partial charge in [0.2, 0.25) is 0 Å². The van der Waals surface area contributed by atoms with Crippen molar-refractivity contribution in [1.82, 2.24) is 9.88 Å². The zero-order chi connectivity index (χ0) is 16.5. The van der Waals surface area contributed by atoms with Gasteiger partial charge in [0.05, 0.1) is 20.3 Å². The molecule has 5 heteroatoms. The van der Waals surface area contributed by atoms with Crippen LogP contribution >= 0.6 is 0 Å². The first-order valence-electron chi connectivity index (χ1n) is 8.77. The molecule has 0 aliphatic carbocycles. The molecule has 0 spiro atoms. The Bertz CT molecular complexity index is 728. The van der Waals surface area contributed by atoms with Crippen LogP contribution in [0.15, 0.2) is 24.3 Å². The molecule has 2 fully saturated rings. The van der Waals surface area contributed by atoms with Crippen LogP contribution in [0.1, 0.15) is 12.1 Å². The van der Waals surface area contributed by atoms with Crippen molar-refractivity contribution in [2.75, 3.05) is 51.4 Å². The minimum atomic E-state index is 0.628. The number of rotatable bonds is 3. The van der Waals surface area contributed by atoms with E-state index in [0.29, 0.717) is 6.04 Å². The normalized spacial score (nSPS) is 22.2. The van der Waals surface area contributed by atoms with Crippen molar-refractivity contribution in [3.05, 3.63) is 30.0 Å². The van der Waals surface area contributed by atoms with Crippen molar-refractivity contribution in [2.45, 2.75) is 19.4 Å². The van der Waals surface area contributed by atoms with Crippen LogP contribution in [0, 0.1) is 6.92 Å². The molecule has 1 atom stereocenters. The molecule has 1 unspecified atom stereocenters. The lowest BCUT2D eigenvalue weighted by molar-refractivity contribution is 0.0209. The molecule has 24 heavy (non-hydrogen) atoms. The summed E-state index contributed by atoms with van der Waals surface area (Å²) in [7, 11) is 1.71. The first-order chi connectivity index (χ1) is 11.8. The first kappa shape index (κ1) is 15.7. The van der Waals surface area contributed by atoms with E-state index in [1.54, 1.807) is 7.11 Å². The topological polar surface area (TPSA) is 37.8 Å². The van der Waals surface area contributed by atoms with Gasteiger partial charge in [-0.3, -0.25) is 4.90 Å². The minimum absolute atomic E-state index is 0.628. The number of benzene rings is 1. The van der Waals surface area contributed by atoms with E-state index in [-0.39, 0.29) is 0 Å². The number of morpholine rings is 1. The molecule has 2 aliphatic heterocycles. The third kappa shape index (κ3) is 2.82. The molecule has 2 aromatic rings. The summed E-state index contributed by atoms with van der Waals surface area (Å²) < 4.78 is 11.0. The van der Waals surface area contributed by atoms with Gasteiger partial charge >= 0.3 is 0 Å². The summed E-state index contributed by atoms with van der Waals surface area (Å²) >= 11 is 0. The van der Waals surface area contributed by atoms with Gasteiger partial charge in [-0.05, 0) is 25.5 Å². The molecule has 1 aromatic carbocycles. The predicted octanol–water partition coefficient (Wildman–Crippen LogP) is 2.46. The molecule has 3 heterocycles. The number of aromatic nitrogens is 1. The summed E-state index contributed by atoms with van der Waals surface area (Å²) in [6.45, 7) is 8.08. The monoisotopic (exact) mass is 327 g/mol. The van der Waals surface area contributed by atoms with E-state index >= 15 is 0 Å². The highest BCUT2D eigenvalue weighted by Gasteiger charge is 2.29. The van der Waals surface area contributed by atoms with E-state index in [9.17, 15) is 0 Å². The standard InChI is InChI=1S/C19H25N3O2/c1-14-12-17(16-4-3-5-18(23-2)19(16)20-14)22-7-6-15(13-22)21-8-10-24-11-9-21/h3-5,12,15H,6-11,13H2,1-2H3. The summed E-state index contributed by atoms with van der Waals surface area (Å²) in [4.78, 5) is 9.80. The summed E-state index contributed by atoms with van der Waals surface area (Å²) in [6, 6.07) is 9.03. The van der Waals surface area contributed by atoms with E-state index in [4.69, 9.17) is 14.5 Å². The van der Waals surface area contributed by atoms with Crippen molar-refractivity contribution in [3.63, 3.8) is 0 Å². The van der Waals surface area contributed by atoms with Crippen LogP contribution in [-0.2, 0) is 4.74 Å². The molecule has 0 bridgehead atoms. The van der Waals surface area contributed by atoms with Gasteiger partial charge < -0.3 is 14.4 Å². The Kier molecular flexibility index (Phi) is 4.29. The number of hydrogen-bond donors (Lipinski definition) is 0. The van der Waals surface area contributed by atoms with Crippen molar-refractivity contribution < 1.29 is 9.47 Å². The SMILES string of the molecule is COc1cccc2c(N3CCC(N4CCOCC4)C3)cc(C)nc12. The van der Waals surface area contributed by atoms with E-state index in [0.717, 1.165) is 56.4 Å². The Hall–Kier alpha value is -1.85. The number of ether oxygens (including phenoxy) is 2. The van der Waals surface area contributed by atoms with Crippen LogP contribution < -0.4 is 9.64 Å². The molecule has 0 amide bonds. The first-order valence-corrected chi connectivity index (χ1v) is 8.77. The van der Waals surface area contributed by atoms with Gasteiger partial charge in [-0.25, -0.2) is 4.98 Å². The largest absolute Gasteiger partial charge is 0.494 e. The molecular weight excluding hydrogens is 302 g/mol. The Morgan fingerprint density at radius 1 is 1.21 bits per heavy atom. The van der Waals surface area contributed by atoms with Gasteiger partial charge in [0.25, 0.3) is 0 Å². The lowest BCUT2D eigenvalue weighted by atomic mass is 10.1. The second kappa shape index (κ2) is 6.57. The van der Waals surface area contributed by atoms with Crippen LogP contribution in [0.25, 0.3) is 10.9 Å². The maximum absolute atomic E-state index is 5.51. The fraction of sp³-hybridized carbons (Fsp3) is 0.526. The highest BCUT2D eigenvalue weighted by atomic mass is 16.5. The molecule has 0 saturated carbocycles. The molecule has 2 aliphatic rings. The number of anilines is 1. The highest BCUT2D eigenvalue weighted by molar-refractivity contribution is 5.95. The van der Waals surface area contributed by atoms with Crippen molar-refractivity contribution in [2.24, 2.45) is 0 Å². The maximum Gasteiger partial charge on any atom is 0.145 e. The molecule has 0 radical (unpaired) electrons. The van der Waals surface area contributed by atoms with Gasteiger partial charge in [0.15, 0.2) is 0 Å². The Labute approximate surface area is 143 Å². The van der Waals surface area contributed by atoms with Crippen molar-refractivity contribution >= 4 is 16.6 Å². The molecule has 5 nitrogen and oxygen atoms in total. The molecule has 1 aromatic heterocycles. The highest BCUT2D eigenvalue weighted by Crippen LogP contribution is 2.34. The number of hydrogen-bond acceptors (Lipinski definition) is 5. The third-order valence-corrected chi connectivity index (χ3v) is 5.19. The average molecular weight is 327 g/mol. The van der Waals surface area contributed by atoms with Gasteiger partial charge in [-0.2, -0.15) is 0 Å². The number of aryl methyl sites for hydroxylation is 1. The Morgan fingerprint density at radius 3 is 2.83 bits per heavy atom. The minimum Gasteiger partial charge on any atom is -0.494 e. The molecule has 128 valence electrons. The van der Waals surface area contributed by atoms with E-state index in [1.807, 2.05) is 6.07 Å². The lowest BCUT2D eigenvalue weighted by Crippen LogP contribution is -2.44. The quantitative estimate of drug-likeness (QED) is 0.866. The molecule has 0 N–H and O–H groups in total. The van der Waals surface area contributed by atoms with Crippen molar-refractivity contribution in [3.8, 4) is 5.75 Å². The van der Waals surface area contributed by atoms with E-state index in [1.165, 1.54) is 17.5 Å². The smallest absolute Gasteiger partial charge is 0.145 e. The third-order valence-electron chi connectivity index (χ3n) is 5.19. The average Bonchev–Trinajstić information content (AvgIpc) is 3.11. The Balaban J connectivity index is 1.64. The maximum atomic E-state index is 5.51. The predicted molar refractivity (Wildman–Crippen MR) is 96.0 cm³/mol. The number of fused-ring (bicyclic) bond motifs is 1. The fourth-order valence-electron chi connectivity index (χ4n) is 3.96. The Morgan fingerprint density at radius 2 is 2.04 bits per heavy atom. The molecule has 4 rings (SSSR count). The lowest BCUT2D eigenvalue weighted by Gasteiger charge is -2.32. The van der Waals surface area contributed by atoms with Gasteiger partial charge in [-0.1, -0.05) is 12.1 Å². The van der Waals surface area contributed by atoms with Crippen LogP contribution in [0.5, 0.6) is 5.75 Å². The summed E-state index contributed by atoms with van der Waals surface area (Å²) in [5, 5.41) is 1.18. The zero-order valence-electron chi connectivity index (χ0n) is 14.5. The van der Waals surface area contributed by atoms with Crippen LogP contribution in [0.2, 0.25) is 0 Å². The number of para-hydroxylation sites is 1. The fourth-order valence-corrected chi connectivity index (χ4v) is 3.96. The van der Waals surface area contributed by atoms with Gasteiger partial charge in [0, 0.05) is 49.0 Å². The number of pyridine rings is 1. The van der Waals surface area contributed by atoms with Crippen LogP contribution in [-0.4, -0.2) is 62.4 Å². The second-order valence-electron chi connectivity index (χ2n) is 6.68. The number of nitrogens with zero attached hydrogens (tertiary/aromatic N) is 3. The zero-order valence-corrected chi connectivity index (χ0v) is 14.5. The van der Waals surface area contributed by atoms with Crippen LogP contribution in [0.3, 0.4) is 0 Å². The number of methoxy groups -OCH3 is 1.